The largest absolute Gasteiger partial charge is 0.479 e. The molecule has 0 saturated heterocycles. The number of hydrogen-bond acceptors (Lipinski definition) is 4. The van der Waals surface area contributed by atoms with Crippen LogP contribution in [0.15, 0.2) is 0 Å². The molecule has 2 atom stereocenters. The van der Waals surface area contributed by atoms with Gasteiger partial charge < -0.3 is 20.1 Å². The Kier molecular flexibility index (Phi) is 4.55. The van der Waals surface area contributed by atoms with Crippen molar-refractivity contribution in [3.8, 4) is 0 Å². The van der Waals surface area contributed by atoms with Crippen LogP contribution < -0.4 is 0 Å². The summed E-state index contributed by atoms with van der Waals surface area (Å²) in [5.74, 6) is -3.13. The molecule has 3 N–H and O–H groups in total. The standard InChI is InChI=1S/C12H22O6/c1-10(2,3)12(9(16)17,7(13)8(14)15)18-11(4,5)6/h7,13H,1-6H3,(H,14,15)(H,16,17). The Morgan fingerprint density at radius 3 is 1.56 bits per heavy atom. The first-order valence-corrected chi connectivity index (χ1v) is 5.60. The fourth-order valence-electron chi connectivity index (χ4n) is 1.76. The molecule has 0 rings (SSSR count). The van der Waals surface area contributed by atoms with Crippen molar-refractivity contribution >= 4 is 11.9 Å². The molecular weight excluding hydrogens is 240 g/mol. The Balaban J connectivity index is 5.91. The third-order valence-electron chi connectivity index (χ3n) is 2.52. The molecule has 0 spiro atoms. The average molecular weight is 262 g/mol. The zero-order valence-electron chi connectivity index (χ0n) is 11.6. The number of ether oxygens (including phenoxy) is 1. The minimum Gasteiger partial charge on any atom is -0.479 e. The van der Waals surface area contributed by atoms with Gasteiger partial charge in [-0.15, -0.1) is 0 Å². The molecule has 0 fully saturated rings. The number of carbonyl (C=O) groups is 2. The quantitative estimate of drug-likeness (QED) is 0.701. The number of aliphatic carboxylic acids is 2. The van der Waals surface area contributed by atoms with Crippen LogP contribution in [0.4, 0.5) is 0 Å². The van der Waals surface area contributed by atoms with E-state index < -0.39 is 34.7 Å². The van der Waals surface area contributed by atoms with E-state index in [-0.39, 0.29) is 0 Å². The van der Waals surface area contributed by atoms with Gasteiger partial charge in [0.25, 0.3) is 0 Å². The van der Waals surface area contributed by atoms with E-state index in [2.05, 4.69) is 0 Å². The van der Waals surface area contributed by atoms with Gasteiger partial charge in [-0.25, -0.2) is 9.59 Å². The first-order valence-electron chi connectivity index (χ1n) is 5.60. The summed E-state index contributed by atoms with van der Waals surface area (Å²) in [5.41, 5.74) is -4.25. The summed E-state index contributed by atoms with van der Waals surface area (Å²) in [7, 11) is 0. The summed E-state index contributed by atoms with van der Waals surface area (Å²) >= 11 is 0. The topological polar surface area (TPSA) is 104 Å². The van der Waals surface area contributed by atoms with E-state index in [9.17, 15) is 19.8 Å². The highest BCUT2D eigenvalue weighted by Crippen LogP contribution is 2.40. The molecule has 0 saturated carbocycles. The first kappa shape index (κ1) is 16.9. The first-order chi connectivity index (χ1) is 7.75. The average Bonchev–Trinajstić information content (AvgIpc) is 2.08. The van der Waals surface area contributed by atoms with Crippen LogP contribution in [0.5, 0.6) is 0 Å². The Morgan fingerprint density at radius 1 is 1.00 bits per heavy atom. The predicted octanol–water partition coefficient (Wildman–Crippen LogP) is 1.12. The molecule has 0 heterocycles. The summed E-state index contributed by atoms with van der Waals surface area (Å²) in [5, 5.41) is 28.1. The lowest BCUT2D eigenvalue weighted by molar-refractivity contribution is -0.240. The number of carboxylic acid groups (broad SMARTS) is 2. The lowest BCUT2D eigenvalue weighted by atomic mass is 9.72. The second-order valence-electron chi connectivity index (χ2n) is 6.25. The van der Waals surface area contributed by atoms with Crippen LogP contribution in [-0.2, 0) is 14.3 Å². The van der Waals surface area contributed by atoms with Gasteiger partial charge in [0.1, 0.15) is 0 Å². The molecule has 6 nitrogen and oxygen atoms in total. The third kappa shape index (κ3) is 3.20. The smallest absolute Gasteiger partial charge is 0.339 e. The molecule has 0 aliphatic rings. The third-order valence-corrected chi connectivity index (χ3v) is 2.52. The van der Waals surface area contributed by atoms with Crippen molar-refractivity contribution in [2.45, 2.75) is 58.8 Å². The van der Waals surface area contributed by atoms with E-state index in [1.165, 1.54) is 20.8 Å². The van der Waals surface area contributed by atoms with E-state index in [0.29, 0.717) is 0 Å². The van der Waals surface area contributed by atoms with E-state index in [4.69, 9.17) is 9.84 Å². The number of rotatable bonds is 4. The Labute approximate surface area is 107 Å². The van der Waals surface area contributed by atoms with Crippen molar-refractivity contribution in [3.05, 3.63) is 0 Å². The number of aliphatic hydroxyl groups excluding tert-OH is 1. The monoisotopic (exact) mass is 262 g/mol. The molecule has 0 bridgehead atoms. The highest BCUT2D eigenvalue weighted by Gasteiger charge is 2.60. The van der Waals surface area contributed by atoms with Gasteiger partial charge in [0, 0.05) is 5.41 Å². The summed E-state index contributed by atoms with van der Waals surface area (Å²) in [6.07, 6.45) is -2.16. The molecule has 6 heteroatoms. The second-order valence-corrected chi connectivity index (χ2v) is 6.25. The minimum absolute atomic E-state index is 0.915. The molecular formula is C12H22O6. The zero-order valence-corrected chi connectivity index (χ0v) is 11.6. The maximum absolute atomic E-state index is 11.5. The SMILES string of the molecule is CC(C)(C)OC(C(=O)O)(C(O)C(=O)O)C(C)(C)C. The molecule has 0 amide bonds. The van der Waals surface area contributed by atoms with Crippen molar-refractivity contribution in [2.75, 3.05) is 0 Å². The lowest BCUT2D eigenvalue weighted by Crippen LogP contribution is -2.65. The Hall–Kier alpha value is -1.14. The molecule has 0 radical (unpaired) electrons. The molecule has 0 aromatic heterocycles. The number of hydrogen-bond donors (Lipinski definition) is 3. The van der Waals surface area contributed by atoms with Crippen LogP contribution in [0.2, 0.25) is 0 Å². The summed E-state index contributed by atoms with van der Waals surface area (Å²) < 4.78 is 5.44. The Bertz CT molecular complexity index is 335. The van der Waals surface area contributed by atoms with Crippen LogP contribution in [0.1, 0.15) is 41.5 Å². The van der Waals surface area contributed by atoms with Crippen LogP contribution in [0, 0.1) is 5.41 Å². The van der Waals surface area contributed by atoms with Crippen molar-refractivity contribution in [1.82, 2.24) is 0 Å². The van der Waals surface area contributed by atoms with Crippen molar-refractivity contribution in [2.24, 2.45) is 5.41 Å². The van der Waals surface area contributed by atoms with Gasteiger partial charge in [0.05, 0.1) is 5.60 Å². The fourth-order valence-corrected chi connectivity index (χ4v) is 1.76. The number of aliphatic hydroxyl groups is 1. The van der Waals surface area contributed by atoms with Crippen LogP contribution in [0.25, 0.3) is 0 Å². The molecule has 0 aliphatic carbocycles. The molecule has 0 aromatic carbocycles. The summed E-state index contributed by atoms with van der Waals surface area (Å²) in [6.45, 7) is 9.35. The van der Waals surface area contributed by atoms with Gasteiger partial charge in [0.15, 0.2) is 6.10 Å². The van der Waals surface area contributed by atoms with Crippen molar-refractivity contribution in [1.29, 1.82) is 0 Å². The van der Waals surface area contributed by atoms with E-state index in [1.54, 1.807) is 20.8 Å². The van der Waals surface area contributed by atoms with E-state index in [1.807, 2.05) is 0 Å². The normalized spacial score (nSPS) is 17.9. The lowest BCUT2D eigenvalue weighted by Gasteiger charge is -2.45. The molecule has 18 heavy (non-hydrogen) atoms. The van der Waals surface area contributed by atoms with Gasteiger partial charge in [-0.2, -0.15) is 0 Å². The molecule has 2 unspecified atom stereocenters. The van der Waals surface area contributed by atoms with Gasteiger partial charge in [-0.1, -0.05) is 20.8 Å². The highest BCUT2D eigenvalue weighted by atomic mass is 16.6. The fraction of sp³-hybridized carbons (Fsp3) is 0.833. The molecule has 0 aromatic rings. The van der Waals surface area contributed by atoms with Gasteiger partial charge in [-0.3, -0.25) is 0 Å². The second kappa shape index (κ2) is 4.85. The number of carboxylic acids is 2. The van der Waals surface area contributed by atoms with Gasteiger partial charge in [0.2, 0.25) is 5.60 Å². The maximum Gasteiger partial charge on any atom is 0.339 e. The summed E-state index contributed by atoms with van der Waals surface area (Å²) in [4.78, 5) is 22.5. The van der Waals surface area contributed by atoms with Crippen molar-refractivity contribution in [3.63, 3.8) is 0 Å². The predicted molar refractivity (Wildman–Crippen MR) is 64.3 cm³/mol. The Morgan fingerprint density at radius 2 is 1.39 bits per heavy atom. The molecule has 0 aliphatic heterocycles. The van der Waals surface area contributed by atoms with Crippen molar-refractivity contribution < 1.29 is 29.6 Å². The minimum atomic E-state index is -2.23. The van der Waals surface area contributed by atoms with Gasteiger partial charge >= 0.3 is 11.9 Å². The van der Waals surface area contributed by atoms with E-state index >= 15 is 0 Å². The summed E-state index contributed by atoms with van der Waals surface area (Å²) in [6, 6.07) is 0. The maximum atomic E-state index is 11.5. The molecule has 106 valence electrons. The van der Waals surface area contributed by atoms with Crippen LogP contribution >= 0.6 is 0 Å². The van der Waals surface area contributed by atoms with Gasteiger partial charge in [-0.05, 0) is 20.8 Å². The van der Waals surface area contributed by atoms with Crippen LogP contribution in [0.3, 0.4) is 0 Å². The highest BCUT2D eigenvalue weighted by molar-refractivity contribution is 5.88. The zero-order chi connectivity index (χ0) is 14.9. The van der Waals surface area contributed by atoms with E-state index in [0.717, 1.165) is 0 Å². The van der Waals surface area contributed by atoms with Crippen LogP contribution in [-0.4, -0.2) is 44.6 Å².